The number of hydrogen-bond acceptors (Lipinski definition) is 4. The molecule has 122 valence electrons. The van der Waals surface area contributed by atoms with E-state index in [1.165, 1.54) is 0 Å². The van der Waals surface area contributed by atoms with Crippen LogP contribution in [-0.4, -0.2) is 49.0 Å². The van der Waals surface area contributed by atoms with E-state index in [0.717, 1.165) is 50.4 Å². The van der Waals surface area contributed by atoms with Crippen LogP contribution in [0.5, 0.6) is 0 Å². The van der Waals surface area contributed by atoms with E-state index < -0.39 is 0 Å². The maximum absolute atomic E-state index is 12.4. The molecule has 1 amide bonds. The number of carbonyl (C=O) groups excluding carboxylic acids is 1. The molecule has 1 aromatic heterocycles. The van der Waals surface area contributed by atoms with Gasteiger partial charge in [-0.1, -0.05) is 6.07 Å². The molecule has 0 aromatic carbocycles. The number of rotatable bonds is 6. The van der Waals surface area contributed by atoms with Crippen LogP contribution in [0.3, 0.4) is 0 Å². The van der Waals surface area contributed by atoms with E-state index in [4.69, 9.17) is 0 Å². The van der Waals surface area contributed by atoms with Crippen molar-refractivity contribution < 1.29 is 4.79 Å². The molecule has 0 bridgehead atoms. The fourth-order valence-electron chi connectivity index (χ4n) is 3.08. The molecule has 1 aromatic rings. The summed E-state index contributed by atoms with van der Waals surface area (Å²) in [6, 6.07) is 3.98. The van der Waals surface area contributed by atoms with Gasteiger partial charge in [0.2, 0.25) is 5.91 Å². The summed E-state index contributed by atoms with van der Waals surface area (Å²) in [4.78, 5) is 21.3. The first-order valence-electron chi connectivity index (χ1n) is 8.30. The Hall–Kier alpha value is -1.62. The Bertz CT molecular complexity index is 487. The minimum Gasteiger partial charge on any atom is -0.357 e. The predicted molar refractivity (Wildman–Crippen MR) is 89.9 cm³/mol. The number of anilines is 1. The topological polar surface area (TPSA) is 48.5 Å². The van der Waals surface area contributed by atoms with E-state index in [0.29, 0.717) is 6.54 Å². The lowest BCUT2D eigenvalue weighted by atomic mass is 9.97. The highest BCUT2D eigenvalue weighted by Gasteiger charge is 2.23. The molecule has 1 atom stereocenters. The summed E-state index contributed by atoms with van der Waals surface area (Å²) >= 11 is 0. The van der Waals surface area contributed by atoms with Crippen LogP contribution >= 0.6 is 0 Å². The third kappa shape index (κ3) is 4.19. The Morgan fingerprint density at radius 3 is 2.91 bits per heavy atom. The van der Waals surface area contributed by atoms with Gasteiger partial charge in [-0.05, 0) is 46.3 Å². The smallest absolute Gasteiger partial charge is 0.224 e. The molecule has 0 radical (unpaired) electrons. The molecule has 1 saturated heterocycles. The van der Waals surface area contributed by atoms with Gasteiger partial charge in [0.15, 0.2) is 0 Å². The number of hydrogen-bond donors (Lipinski definition) is 1. The highest BCUT2D eigenvalue weighted by atomic mass is 16.1. The van der Waals surface area contributed by atoms with E-state index in [2.05, 4.69) is 41.0 Å². The third-order valence-electron chi connectivity index (χ3n) is 4.38. The van der Waals surface area contributed by atoms with Crippen LogP contribution in [0.25, 0.3) is 0 Å². The normalized spacial score (nSPS) is 19.0. The summed E-state index contributed by atoms with van der Waals surface area (Å²) in [5.74, 6) is 1.27. The number of pyridine rings is 1. The second kappa shape index (κ2) is 8.13. The van der Waals surface area contributed by atoms with Crippen molar-refractivity contribution in [3.63, 3.8) is 0 Å². The summed E-state index contributed by atoms with van der Waals surface area (Å²) in [5, 5.41) is 3.10. The molecule has 0 saturated carbocycles. The van der Waals surface area contributed by atoms with Crippen LogP contribution in [0.15, 0.2) is 18.3 Å². The van der Waals surface area contributed by atoms with Crippen LogP contribution < -0.4 is 10.2 Å². The van der Waals surface area contributed by atoms with Crippen molar-refractivity contribution in [2.24, 2.45) is 5.92 Å². The van der Waals surface area contributed by atoms with Gasteiger partial charge in [-0.2, -0.15) is 0 Å². The molecule has 1 N–H and O–H groups in total. The Labute approximate surface area is 133 Å². The molecule has 0 unspecified atom stereocenters. The van der Waals surface area contributed by atoms with Crippen molar-refractivity contribution >= 4 is 11.7 Å². The average Bonchev–Trinajstić information content (AvgIpc) is 2.55. The summed E-state index contributed by atoms with van der Waals surface area (Å²) < 4.78 is 0. The third-order valence-corrected chi connectivity index (χ3v) is 4.38. The molecular formula is C17H28N4O. The standard InChI is InChI=1S/C17H28N4O/c1-4-21(5-2)16-14(8-6-10-18-16)12-19-17(22)15-9-7-11-20(3)13-15/h6,8,10,15H,4-5,7,9,11-13H2,1-3H3,(H,19,22)/t15-/m0/s1. The van der Waals surface area contributed by atoms with E-state index in [1.54, 1.807) is 0 Å². The first kappa shape index (κ1) is 16.7. The number of likely N-dealkylation sites (tertiary alicyclic amines) is 1. The van der Waals surface area contributed by atoms with Gasteiger partial charge in [-0.25, -0.2) is 4.98 Å². The van der Waals surface area contributed by atoms with Gasteiger partial charge in [0.1, 0.15) is 5.82 Å². The zero-order chi connectivity index (χ0) is 15.9. The van der Waals surface area contributed by atoms with Gasteiger partial charge >= 0.3 is 0 Å². The molecule has 0 spiro atoms. The van der Waals surface area contributed by atoms with Gasteiger partial charge in [0, 0.05) is 37.9 Å². The van der Waals surface area contributed by atoms with E-state index in [-0.39, 0.29) is 11.8 Å². The summed E-state index contributed by atoms with van der Waals surface area (Å²) in [6.45, 7) is 8.60. The summed E-state index contributed by atoms with van der Waals surface area (Å²) in [6.07, 6.45) is 3.91. The molecule has 0 aliphatic carbocycles. The number of piperidine rings is 1. The molecule has 22 heavy (non-hydrogen) atoms. The zero-order valence-electron chi connectivity index (χ0n) is 14.0. The van der Waals surface area contributed by atoms with Crippen LogP contribution in [0, 0.1) is 5.92 Å². The number of amides is 1. The highest BCUT2D eigenvalue weighted by molar-refractivity contribution is 5.79. The maximum Gasteiger partial charge on any atom is 0.224 e. The van der Waals surface area contributed by atoms with Gasteiger partial charge in [0.25, 0.3) is 0 Å². The molecule has 5 nitrogen and oxygen atoms in total. The molecule has 1 fully saturated rings. The van der Waals surface area contributed by atoms with Crippen molar-refractivity contribution in [1.82, 2.24) is 15.2 Å². The Balaban J connectivity index is 1.97. The van der Waals surface area contributed by atoms with E-state index >= 15 is 0 Å². The lowest BCUT2D eigenvalue weighted by Gasteiger charge is -2.29. The van der Waals surface area contributed by atoms with E-state index in [9.17, 15) is 4.79 Å². The Morgan fingerprint density at radius 1 is 1.45 bits per heavy atom. The SMILES string of the molecule is CCN(CC)c1ncccc1CNC(=O)[C@H]1CCCN(C)C1. The molecule has 5 heteroatoms. The van der Waals surface area contributed by atoms with Gasteiger partial charge in [-0.3, -0.25) is 4.79 Å². The van der Waals surface area contributed by atoms with Gasteiger partial charge in [-0.15, -0.1) is 0 Å². The second-order valence-electron chi connectivity index (χ2n) is 5.98. The maximum atomic E-state index is 12.4. The quantitative estimate of drug-likeness (QED) is 0.872. The first-order valence-corrected chi connectivity index (χ1v) is 8.30. The fourth-order valence-corrected chi connectivity index (χ4v) is 3.08. The first-order chi connectivity index (χ1) is 10.7. The van der Waals surface area contributed by atoms with Crippen molar-refractivity contribution in [2.75, 3.05) is 38.1 Å². The molecule has 2 heterocycles. The largest absolute Gasteiger partial charge is 0.357 e. The molecule has 2 rings (SSSR count). The van der Waals surface area contributed by atoms with Crippen LogP contribution in [-0.2, 0) is 11.3 Å². The van der Waals surface area contributed by atoms with Gasteiger partial charge in [0.05, 0.1) is 5.92 Å². The molecular weight excluding hydrogens is 276 g/mol. The predicted octanol–water partition coefficient (Wildman–Crippen LogP) is 1.89. The number of nitrogens with zero attached hydrogens (tertiary/aromatic N) is 3. The average molecular weight is 304 g/mol. The summed E-state index contributed by atoms with van der Waals surface area (Å²) in [5.41, 5.74) is 1.09. The van der Waals surface area contributed by atoms with Crippen molar-refractivity contribution in [2.45, 2.75) is 33.2 Å². The number of nitrogens with one attached hydrogen (secondary N) is 1. The number of aromatic nitrogens is 1. The highest BCUT2D eigenvalue weighted by Crippen LogP contribution is 2.18. The fraction of sp³-hybridized carbons (Fsp3) is 0.647. The molecule has 1 aliphatic rings. The van der Waals surface area contributed by atoms with Crippen LogP contribution in [0.2, 0.25) is 0 Å². The lowest BCUT2D eigenvalue weighted by Crippen LogP contribution is -2.41. The van der Waals surface area contributed by atoms with Crippen molar-refractivity contribution in [3.8, 4) is 0 Å². The van der Waals surface area contributed by atoms with Crippen LogP contribution in [0.1, 0.15) is 32.3 Å². The zero-order valence-corrected chi connectivity index (χ0v) is 14.0. The van der Waals surface area contributed by atoms with Crippen molar-refractivity contribution in [3.05, 3.63) is 23.9 Å². The van der Waals surface area contributed by atoms with Crippen molar-refractivity contribution in [1.29, 1.82) is 0 Å². The van der Waals surface area contributed by atoms with Crippen LogP contribution in [0.4, 0.5) is 5.82 Å². The molecule has 1 aliphatic heterocycles. The van der Waals surface area contributed by atoms with Gasteiger partial charge < -0.3 is 15.1 Å². The monoisotopic (exact) mass is 304 g/mol. The number of carbonyl (C=O) groups is 1. The minimum atomic E-state index is 0.118. The summed E-state index contributed by atoms with van der Waals surface area (Å²) in [7, 11) is 2.08. The second-order valence-corrected chi connectivity index (χ2v) is 5.98. The Kier molecular flexibility index (Phi) is 6.19. The lowest BCUT2D eigenvalue weighted by molar-refractivity contribution is -0.126. The minimum absolute atomic E-state index is 0.118. The van der Waals surface area contributed by atoms with E-state index in [1.807, 2.05) is 18.3 Å². The Morgan fingerprint density at radius 2 is 2.23 bits per heavy atom.